The number of rotatable bonds is 8. The maximum atomic E-state index is 13.0. The van der Waals surface area contributed by atoms with Gasteiger partial charge in [-0.3, -0.25) is 19.0 Å². The zero-order chi connectivity index (χ0) is 22.9. The molecule has 0 unspecified atom stereocenters. The molecule has 0 atom stereocenters. The number of nitrogens with zero attached hydrogens (tertiary/aromatic N) is 4. The summed E-state index contributed by atoms with van der Waals surface area (Å²) in [7, 11) is 1.56. The Hall–Kier alpha value is -3.57. The molecular formula is C20H21F3N6O3. The molecule has 0 saturated heterocycles. The molecule has 3 heterocycles. The lowest BCUT2D eigenvalue weighted by atomic mass is 10.2. The number of carbonyl (C=O) groups excluding carboxylic acids is 2. The summed E-state index contributed by atoms with van der Waals surface area (Å²) in [6.45, 7) is 0.156. The van der Waals surface area contributed by atoms with Gasteiger partial charge in [-0.15, -0.1) is 0 Å². The van der Waals surface area contributed by atoms with E-state index in [0.29, 0.717) is 11.5 Å². The molecule has 1 aliphatic rings. The summed E-state index contributed by atoms with van der Waals surface area (Å²) in [6, 6.07) is 4.46. The van der Waals surface area contributed by atoms with Gasteiger partial charge < -0.3 is 15.1 Å². The molecule has 0 aliphatic heterocycles. The van der Waals surface area contributed by atoms with Crippen molar-refractivity contribution in [2.45, 2.75) is 44.4 Å². The minimum Gasteiger partial charge on any atom is -0.467 e. The maximum Gasteiger partial charge on any atom is 0.435 e. The highest BCUT2D eigenvalue weighted by Crippen LogP contribution is 2.42. The summed E-state index contributed by atoms with van der Waals surface area (Å²) in [5.74, 6) is -0.321. The normalized spacial score (nSPS) is 13.9. The molecule has 0 radical (unpaired) electrons. The predicted molar refractivity (Wildman–Crippen MR) is 106 cm³/mol. The predicted octanol–water partition coefficient (Wildman–Crippen LogP) is 3.06. The highest BCUT2D eigenvalue weighted by atomic mass is 19.4. The topological polar surface area (TPSA) is 107 Å². The third kappa shape index (κ3) is 4.84. The molecule has 170 valence electrons. The first-order chi connectivity index (χ1) is 15.2. The summed E-state index contributed by atoms with van der Waals surface area (Å²) in [5.41, 5.74) is -0.123. The number of alkyl halides is 3. The highest BCUT2D eigenvalue weighted by molar-refractivity contribution is 6.02. The summed E-state index contributed by atoms with van der Waals surface area (Å²) in [6.07, 6.45) is -0.206. The minimum absolute atomic E-state index is 0.00592. The van der Waals surface area contributed by atoms with Crippen LogP contribution in [0, 0.1) is 0 Å². The Morgan fingerprint density at radius 1 is 1.31 bits per heavy atom. The Bertz CT molecular complexity index is 1110. The van der Waals surface area contributed by atoms with Crippen LogP contribution in [0.3, 0.4) is 0 Å². The van der Waals surface area contributed by atoms with Gasteiger partial charge in [0.25, 0.3) is 5.91 Å². The number of anilines is 1. The van der Waals surface area contributed by atoms with E-state index in [9.17, 15) is 22.8 Å². The number of carbonyl (C=O) groups is 2. The van der Waals surface area contributed by atoms with Crippen LogP contribution in [0.2, 0.25) is 0 Å². The fourth-order valence-corrected chi connectivity index (χ4v) is 3.34. The molecule has 0 spiro atoms. The molecule has 1 saturated carbocycles. The highest BCUT2D eigenvalue weighted by Gasteiger charge is 2.37. The van der Waals surface area contributed by atoms with Crippen molar-refractivity contribution in [2.75, 3.05) is 5.32 Å². The molecule has 3 aromatic heterocycles. The second kappa shape index (κ2) is 8.52. The van der Waals surface area contributed by atoms with Gasteiger partial charge in [-0.25, -0.2) is 0 Å². The molecule has 32 heavy (non-hydrogen) atoms. The van der Waals surface area contributed by atoms with Crippen LogP contribution in [0.5, 0.6) is 0 Å². The third-order valence-corrected chi connectivity index (χ3v) is 5.08. The SMILES string of the molecule is Cn1ncc(NC(=O)CCn2nc(C(F)(F)F)cc2C2CC2)c1C(=O)NCc1ccco1. The lowest BCUT2D eigenvalue weighted by Crippen LogP contribution is -2.26. The van der Waals surface area contributed by atoms with E-state index in [1.807, 2.05) is 0 Å². The zero-order valence-corrected chi connectivity index (χ0v) is 17.1. The van der Waals surface area contributed by atoms with Gasteiger partial charge in [-0.1, -0.05) is 0 Å². The van der Waals surface area contributed by atoms with E-state index in [1.165, 1.54) is 21.8 Å². The van der Waals surface area contributed by atoms with Gasteiger partial charge in [0, 0.05) is 31.6 Å². The number of hydrogen-bond donors (Lipinski definition) is 2. The van der Waals surface area contributed by atoms with Gasteiger partial charge >= 0.3 is 6.18 Å². The van der Waals surface area contributed by atoms with Gasteiger partial charge in [0.05, 0.1) is 24.7 Å². The number of aromatic nitrogens is 4. The molecule has 1 aliphatic carbocycles. The van der Waals surface area contributed by atoms with Crippen LogP contribution in [0.4, 0.5) is 18.9 Å². The average molecular weight is 450 g/mol. The van der Waals surface area contributed by atoms with E-state index in [4.69, 9.17) is 4.42 Å². The van der Waals surface area contributed by atoms with Crippen molar-refractivity contribution in [1.82, 2.24) is 24.9 Å². The van der Waals surface area contributed by atoms with Crippen LogP contribution >= 0.6 is 0 Å². The molecule has 0 bridgehead atoms. The number of furan rings is 1. The number of amides is 2. The maximum absolute atomic E-state index is 13.0. The van der Waals surface area contributed by atoms with Crippen molar-refractivity contribution < 1.29 is 27.2 Å². The van der Waals surface area contributed by atoms with Gasteiger partial charge in [0.1, 0.15) is 11.5 Å². The van der Waals surface area contributed by atoms with Crippen LogP contribution in [-0.4, -0.2) is 31.4 Å². The molecule has 12 heteroatoms. The number of aryl methyl sites for hydroxylation is 2. The Morgan fingerprint density at radius 2 is 2.09 bits per heavy atom. The largest absolute Gasteiger partial charge is 0.467 e. The summed E-state index contributed by atoms with van der Waals surface area (Å²) in [4.78, 5) is 25.0. The van der Waals surface area contributed by atoms with Gasteiger partial charge in [0.2, 0.25) is 5.91 Å². The van der Waals surface area contributed by atoms with Gasteiger partial charge in [-0.2, -0.15) is 23.4 Å². The van der Waals surface area contributed by atoms with Gasteiger partial charge in [-0.05, 0) is 31.0 Å². The van der Waals surface area contributed by atoms with Crippen LogP contribution in [-0.2, 0) is 31.1 Å². The Morgan fingerprint density at radius 3 is 2.75 bits per heavy atom. The Balaban J connectivity index is 1.39. The van der Waals surface area contributed by atoms with E-state index in [1.54, 1.807) is 19.2 Å². The van der Waals surface area contributed by atoms with Crippen molar-refractivity contribution in [1.29, 1.82) is 0 Å². The molecule has 2 amide bonds. The van der Waals surface area contributed by atoms with Crippen molar-refractivity contribution in [2.24, 2.45) is 7.05 Å². The quantitative estimate of drug-likeness (QED) is 0.549. The van der Waals surface area contributed by atoms with Crippen LogP contribution in [0.1, 0.15) is 52.8 Å². The van der Waals surface area contributed by atoms with Crippen molar-refractivity contribution in [3.63, 3.8) is 0 Å². The summed E-state index contributed by atoms with van der Waals surface area (Å²) >= 11 is 0. The van der Waals surface area contributed by atoms with Gasteiger partial charge in [0.15, 0.2) is 5.69 Å². The zero-order valence-electron chi connectivity index (χ0n) is 17.1. The average Bonchev–Trinajstić information content (AvgIpc) is 3.13. The smallest absolute Gasteiger partial charge is 0.435 e. The second-order valence-electron chi connectivity index (χ2n) is 7.54. The molecular weight excluding hydrogens is 429 g/mol. The van der Waals surface area contributed by atoms with Crippen molar-refractivity contribution in [3.8, 4) is 0 Å². The van der Waals surface area contributed by atoms with E-state index in [2.05, 4.69) is 20.8 Å². The first-order valence-electron chi connectivity index (χ1n) is 9.99. The molecule has 0 aromatic carbocycles. The van der Waals surface area contributed by atoms with E-state index in [-0.39, 0.29) is 36.8 Å². The minimum atomic E-state index is -4.54. The molecule has 3 aromatic rings. The molecule has 1 fully saturated rings. The van der Waals surface area contributed by atoms with Crippen LogP contribution in [0.25, 0.3) is 0 Å². The summed E-state index contributed by atoms with van der Waals surface area (Å²) in [5, 5.41) is 12.9. The fourth-order valence-electron chi connectivity index (χ4n) is 3.34. The first-order valence-corrected chi connectivity index (χ1v) is 9.99. The van der Waals surface area contributed by atoms with E-state index in [0.717, 1.165) is 18.9 Å². The Kier molecular flexibility index (Phi) is 5.76. The molecule has 4 rings (SSSR count). The Labute approximate surface area is 180 Å². The number of halogens is 3. The molecule has 2 N–H and O–H groups in total. The van der Waals surface area contributed by atoms with E-state index < -0.39 is 23.7 Å². The third-order valence-electron chi connectivity index (χ3n) is 5.08. The molecule has 9 nitrogen and oxygen atoms in total. The van der Waals surface area contributed by atoms with Crippen molar-refractivity contribution >= 4 is 17.5 Å². The lowest BCUT2D eigenvalue weighted by molar-refractivity contribution is -0.141. The summed E-state index contributed by atoms with van der Waals surface area (Å²) < 4.78 is 46.8. The first kappa shape index (κ1) is 21.7. The van der Waals surface area contributed by atoms with E-state index >= 15 is 0 Å². The van der Waals surface area contributed by atoms with Crippen LogP contribution < -0.4 is 10.6 Å². The number of nitrogens with one attached hydrogen (secondary N) is 2. The monoisotopic (exact) mass is 450 g/mol. The van der Waals surface area contributed by atoms with Crippen LogP contribution in [0.15, 0.2) is 35.1 Å². The lowest BCUT2D eigenvalue weighted by Gasteiger charge is -2.09. The fraction of sp³-hybridized carbons (Fsp3) is 0.400. The standard InChI is InChI=1S/C20H21F3N6O3/c1-28-18(19(31)24-10-13-3-2-8-32-13)14(11-25-28)26-17(30)6-7-29-15(12-4-5-12)9-16(27-29)20(21,22)23/h2-3,8-9,11-12H,4-7,10H2,1H3,(H,24,31)(H,26,30). The van der Waals surface area contributed by atoms with Crippen molar-refractivity contribution in [3.05, 3.63) is 53.5 Å². The second-order valence-corrected chi connectivity index (χ2v) is 7.54. The number of hydrogen-bond acceptors (Lipinski definition) is 5.